The molecule has 1 N–H and O–H groups in total. The number of carbonyl (C=O) groups excluding carboxylic acids is 1. The fraction of sp³-hybridized carbons (Fsp3) is 0.889. The van der Waals surface area contributed by atoms with E-state index < -0.39 is 0 Å². The molecule has 0 saturated heterocycles. The molecule has 3 nitrogen and oxygen atoms in total. The molecule has 1 unspecified atom stereocenters. The van der Waals surface area contributed by atoms with Crippen LogP contribution in [-0.2, 0) is 4.79 Å². The molecule has 0 bridgehead atoms. The Morgan fingerprint density at radius 1 is 1.62 bits per heavy atom. The molecule has 78 valence electrons. The number of aliphatic hydroxyl groups is 1. The Kier molecular flexibility index (Phi) is 7.09. The number of aliphatic hydroxyl groups excluding tert-OH is 1. The third-order valence-electron chi connectivity index (χ3n) is 2.01. The van der Waals surface area contributed by atoms with Gasteiger partial charge < -0.3 is 10.0 Å². The van der Waals surface area contributed by atoms with Crippen molar-refractivity contribution in [3.05, 3.63) is 0 Å². The van der Waals surface area contributed by atoms with Gasteiger partial charge in [0.15, 0.2) is 0 Å². The van der Waals surface area contributed by atoms with Gasteiger partial charge in [0.2, 0.25) is 5.91 Å². The Balaban J connectivity index is 3.79. The first-order valence-electron chi connectivity index (χ1n) is 4.49. The van der Waals surface area contributed by atoms with Gasteiger partial charge in [0, 0.05) is 31.9 Å². The number of rotatable bonds is 6. The van der Waals surface area contributed by atoms with Crippen molar-refractivity contribution in [3.8, 4) is 0 Å². The van der Waals surface area contributed by atoms with E-state index in [1.165, 1.54) is 0 Å². The van der Waals surface area contributed by atoms with Crippen molar-refractivity contribution in [1.29, 1.82) is 0 Å². The summed E-state index contributed by atoms with van der Waals surface area (Å²) in [6, 6.07) is 0.279. The summed E-state index contributed by atoms with van der Waals surface area (Å²) >= 11 is 1.74. The van der Waals surface area contributed by atoms with Crippen LogP contribution in [0.2, 0.25) is 0 Å². The zero-order chi connectivity index (χ0) is 10.3. The van der Waals surface area contributed by atoms with Crippen molar-refractivity contribution in [2.24, 2.45) is 0 Å². The molecule has 0 rings (SSSR count). The Bertz CT molecular complexity index is 153. The zero-order valence-corrected chi connectivity index (χ0v) is 9.43. The van der Waals surface area contributed by atoms with Crippen LogP contribution in [-0.4, -0.2) is 47.6 Å². The number of carbonyl (C=O) groups is 1. The minimum Gasteiger partial charge on any atom is -0.396 e. The molecule has 0 aromatic carbocycles. The Morgan fingerprint density at radius 3 is 2.69 bits per heavy atom. The van der Waals surface area contributed by atoms with Crippen molar-refractivity contribution in [1.82, 2.24) is 4.90 Å². The maximum Gasteiger partial charge on any atom is 0.222 e. The molecular formula is C9H19NO2S. The monoisotopic (exact) mass is 205 g/mol. The second kappa shape index (κ2) is 7.21. The van der Waals surface area contributed by atoms with Crippen molar-refractivity contribution in [2.45, 2.75) is 25.8 Å². The standard InChI is InChI=1S/C9H19NO2S/c1-8(7-13-3)10(2)9(12)5-4-6-11/h8,11H,4-7H2,1-3H3. The number of hydrogen-bond acceptors (Lipinski definition) is 3. The van der Waals surface area contributed by atoms with E-state index in [2.05, 4.69) is 0 Å². The van der Waals surface area contributed by atoms with Gasteiger partial charge in [-0.05, 0) is 19.6 Å². The summed E-state index contributed by atoms with van der Waals surface area (Å²) in [5.74, 6) is 1.08. The fourth-order valence-corrected chi connectivity index (χ4v) is 1.71. The lowest BCUT2D eigenvalue weighted by molar-refractivity contribution is -0.131. The number of nitrogens with zero attached hydrogens (tertiary/aromatic N) is 1. The van der Waals surface area contributed by atoms with Crippen LogP contribution in [0.15, 0.2) is 0 Å². The first kappa shape index (κ1) is 12.8. The highest BCUT2D eigenvalue weighted by molar-refractivity contribution is 7.98. The first-order chi connectivity index (χ1) is 6.13. The van der Waals surface area contributed by atoms with Gasteiger partial charge in [-0.15, -0.1) is 0 Å². The van der Waals surface area contributed by atoms with Gasteiger partial charge in [0.25, 0.3) is 0 Å². The van der Waals surface area contributed by atoms with Crippen LogP contribution < -0.4 is 0 Å². The number of amides is 1. The molecule has 0 saturated carbocycles. The largest absolute Gasteiger partial charge is 0.396 e. The smallest absolute Gasteiger partial charge is 0.222 e. The van der Waals surface area contributed by atoms with Crippen LogP contribution in [0.5, 0.6) is 0 Å². The predicted octanol–water partition coefficient (Wildman–Crippen LogP) is 0.969. The summed E-state index contributed by atoms with van der Waals surface area (Å²) in [5, 5.41) is 8.56. The Morgan fingerprint density at radius 2 is 2.23 bits per heavy atom. The van der Waals surface area contributed by atoms with Crippen molar-refractivity contribution >= 4 is 17.7 Å². The van der Waals surface area contributed by atoms with Gasteiger partial charge in [0.1, 0.15) is 0 Å². The van der Waals surface area contributed by atoms with E-state index in [0.29, 0.717) is 12.8 Å². The van der Waals surface area contributed by atoms with Crippen LogP contribution in [0.4, 0.5) is 0 Å². The third-order valence-corrected chi connectivity index (χ3v) is 2.83. The molecule has 1 amide bonds. The molecule has 13 heavy (non-hydrogen) atoms. The molecule has 0 fully saturated rings. The van der Waals surface area contributed by atoms with Gasteiger partial charge in [-0.1, -0.05) is 0 Å². The number of thioether (sulfide) groups is 1. The van der Waals surface area contributed by atoms with Crippen molar-refractivity contribution in [2.75, 3.05) is 25.7 Å². The normalized spacial score (nSPS) is 12.6. The van der Waals surface area contributed by atoms with Crippen molar-refractivity contribution in [3.63, 3.8) is 0 Å². The molecule has 0 radical (unpaired) electrons. The molecule has 0 heterocycles. The average Bonchev–Trinajstić information content (AvgIpc) is 2.13. The second-order valence-electron chi connectivity index (χ2n) is 3.14. The fourth-order valence-electron chi connectivity index (χ4n) is 1.01. The van der Waals surface area contributed by atoms with Gasteiger partial charge >= 0.3 is 0 Å². The molecule has 1 atom stereocenters. The minimum atomic E-state index is 0.0937. The Hall–Kier alpha value is -0.220. The van der Waals surface area contributed by atoms with Crippen LogP contribution in [0.3, 0.4) is 0 Å². The summed E-state index contributed by atoms with van der Waals surface area (Å²) in [5.41, 5.74) is 0. The molecule has 0 aliphatic heterocycles. The van der Waals surface area contributed by atoms with Gasteiger partial charge in [-0.2, -0.15) is 11.8 Å². The molecule has 0 aromatic rings. The van der Waals surface area contributed by atoms with E-state index in [-0.39, 0.29) is 18.6 Å². The van der Waals surface area contributed by atoms with Gasteiger partial charge in [0.05, 0.1) is 0 Å². The molecule has 4 heteroatoms. The maximum absolute atomic E-state index is 11.4. The first-order valence-corrected chi connectivity index (χ1v) is 5.88. The van der Waals surface area contributed by atoms with Crippen molar-refractivity contribution < 1.29 is 9.90 Å². The lowest BCUT2D eigenvalue weighted by atomic mass is 10.2. The zero-order valence-electron chi connectivity index (χ0n) is 8.62. The second-order valence-corrected chi connectivity index (χ2v) is 4.05. The third kappa shape index (κ3) is 5.16. The Labute approximate surface area is 84.5 Å². The quantitative estimate of drug-likeness (QED) is 0.702. The van der Waals surface area contributed by atoms with E-state index in [1.807, 2.05) is 20.2 Å². The van der Waals surface area contributed by atoms with Gasteiger partial charge in [-0.25, -0.2) is 0 Å². The average molecular weight is 205 g/mol. The summed E-state index contributed by atoms with van der Waals surface area (Å²) in [4.78, 5) is 13.2. The van der Waals surface area contributed by atoms with E-state index in [0.717, 1.165) is 5.75 Å². The lowest BCUT2D eigenvalue weighted by Gasteiger charge is -2.24. The molecule has 0 aliphatic rings. The van der Waals surface area contributed by atoms with E-state index in [1.54, 1.807) is 16.7 Å². The van der Waals surface area contributed by atoms with Gasteiger partial charge in [-0.3, -0.25) is 4.79 Å². The topological polar surface area (TPSA) is 40.5 Å². The molecule has 0 aliphatic carbocycles. The minimum absolute atomic E-state index is 0.0937. The van der Waals surface area contributed by atoms with E-state index in [9.17, 15) is 4.79 Å². The summed E-state index contributed by atoms with van der Waals surface area (Å²) in [6.07, 6.45) is 3.05. The van der Waals surface area contributed by atoms with E-state index in [4.69, 9.17) is 5.11 Å². The predicted molar refractivity (Wildman–Crippen MR) is 56.9 cm³/mol. The summed E-state index contributed by atoms with van der Waals surface area (Å²) in [6.45, 7) is 2.13. The van der Waals surface area contributed by atoms with Crippen LogP contribution in [0.1, 0.15) is 19.8 Å². The molecule has 0 spiro atoms. The maximum atomic E-state index is 11.4. The van der Waals surface area contributed by atoms with E-state index >= 15 is 0 Å². The SMILES string of the molecule is CSCC(C)N(C)C(=O)CCCO. The van der Waals surface area contributed by atoms with Crippen LogP contribution in [0, 0.1) is 0 Å². The summed E-state index contributed by atoms with van der Waals surface area (Å²) < 4.78 is 0. The van der Waals surface area contributed by atoms with Crippen LogP contribution in [0.25, 0.3) is 0 Å². The highest BCUT2D eigenvalue weighted by atomic mass is 32.2. The molecule has 0 aromatic heterocycles. The summed E-state index contributed by atoms with van der Waals surface area (Å²) in [7, 11) is 1.82. The lowest BCUT2D eigenvalue weighted by Crippen LogP contribution is -2.36. The highest BCUT2D eigenvalue weighted by Gasteiger charge is 2.13. The molecular weight excluding hydrogens is 186 g/mol. The number of hydrogen-bond donors (Lipinski definition) is 1. The van der Waals surface area contributed by atoms with Crippen LogP contribution >= 0.6 is 11.8 Å². The highest BCUT2D eigenvalue weighted by Crippen LogP contribution is 2.05.